The van der Waals surface area contributed by atoms with Gasteiger partial charge >= 0.3 is 5.97 Å². The molecule has 0 aliphatic rings. The maximum absolute atomic E-state index is 13.2. The van der Waals surface area contributed by atoms with Crippen LogP contribution in [-0.2, 0) is 6.61 Å². The molecule has 0 spiro atoms. The van der Waals surface area contributed by atoms with Crippen LogP contribution in [0.5, 0.6) is 5.75 Å². The summed E-state index contributed by atoms with van der Waals surface area (Å²) in [5.41, 5.74) is -0.159. The zero-order valence-corrected chi connectivity index (χ0v) is 10.7. The van der Waals surface area contributed by atoms with Crippen LogP contribution in [0.15, 0.2) is 42.5 Å². The topological polar surface area (TPSA) is 89.7 Å². The third-order valence-corrected chi connectivity index (χ3v) is 2.71. The standard InChI is InChI=1S/C14H10FNO5/c15-11-4-5-13(16(19)20)10(6-11)8-21-12-3-1-2-9(7-12)14(17)18/h1-7H,8H2,(H,17,18). The molecule has 0 fully saturated rings. The van der Waals surface area contributed by atoms with E-state index in [-0.39, 0.29) is 29.2 Å². The van der Waals surface area contributed by atoms with Crippen molar-refractivity contribution in [1.29, 1.82) is 0 Å². The summed E-state index contributed by atoms with van der Waals surface area (Å²) in [6.45, 7) is -0.239. The molecule has 2 aromatic carbocycles. The van der Waals surface area contributed by atoms with Crippen molar-refractivity contribution in [1.82, 2.24) is 0 Å². The molecular formula is C14H10FNO5. The molecule has 7 heteroatoms. The second-order valence-corrected chi connectivity index (χ2v) is 4.15. The summed E-state index contributed by atoms with van der Waals surface area (Å²) in [5, 5.41) is 19.7. The zero-order valence-electron chi connectivity index (χ0n) is 10.7. The average Bonchev–Trinajstić information content (AvgIpc) is 2.45. The molecule has 0 atom stereocenters. The lowest BCUT2D eigenvalue weighted by molar-refractivity contribution is -0.385. The first-order chi connectivity index (χ1) is 9.97. The number of hydrogen-bond acceptors (Lipinski definition) is 4. The van der Waals surface area contributed by atoms with Gasteiger partial charge in [-0.25, -0.2) is 9.18 Å². The molecule has 2 rings (SSSR count). The molecule has 0 saturated heterocycles. The van der Waals surface area contributed by atoms with Gasteiger partial charge in [-0.1, -0.05) is 6.07 Å². The fraction of sp³-hybridized carbons (Fsp3) is 0.0714. The van der Waals surface area contributed by atoms with Gasteiger partial charge in [0.15, 0.2) is 0 Å². The molecule has 0 radical (unpaired) electrons. The van der Waals surface area contributed by atoms with Gasteiger partial charge in [-0.15, -0.1) is 0 Å². The first-order valence-electron chi connectivity index (χ1n) is 5.86. The number of carboxylic acid groups (broad SMARTS) is 1. The first kappa shape index (κ1) is 14.4. The van der Waals surface area contributed by atoms with Crippen LogP contribution in [-0.4, -0.2) is 16.0 Å². The van der Waals surface area contributed by atoms with Gasteiger partial charge in [-0.3, -0.25) is 10.1 Å². The van der Waals surface area contributed by atoms with Crippen LogP contribution in [0, 0.1) is 15.9 Å². The van der Waals surface area contributed by atoms with E-state index in [1.54, 1.807) is 0 Å². The van der Waals surface area contributed by atoms with Gasteiger partial charge in [0.2, 0.25) is 0 Å². The number of nitro groups is 1. The van der Waals surface area contributed by atoms with E-state index in [4.69, 9.17) is 9.84 Å². The summed E-state index contributed by atoms with van der Waals surface area (Å²) in [4.78, 5) is 21.0. The summed E-state index contributed by atoms with van der Waals surface area (Å²) in [6, 6.07) is 8.73. The third-order valence-electron chi connectivity index (χ3n) is 2.71. The third kappa shape index (κ3) is 3.53. The predicted molar refractivity (Wildman–Crippen MR) is 70.8 cm³/mol. The molecule has 21 heavy (non-hydrogen) atoms. The molecule has 6 nitrogen and oxygen atoms in total. The minimum Gasteiger partial charge on any atom is -0.489 e. The Balaban J connectivity index is 2.20. The summed E-state index contributed by atoms with van der Waals surface area (Å²) in [7, 11) is 0. The van der Waals surface area contributed by atoms with E-state index < -0.39 is 16.7 Å². The van der Waals surface area contributed by atoms with Crippen molar-refractivity contribution in [2.24, 2.45) is 0 Å². The molecule has 0 saturated carbocycles. The monoisotopic (exact) mass is 291 g/mol. The molecule has 1 N–H and O–H groups in total. The highest BCUT2D eigenvalue weighted by molar-refractivity contribution is 5.87. The molecule has 0 unspecified atom stereocenters. The van der Waals surface area contributed by atoms with Gasteiger partial charge in [0.25, 0.3) is 5.69 Å². The van der Waals surface area contributed by atoms with Gasteiger partial charge in [0, 0.05) is 6.07 Å². The predicted octanol–water partition coefficient (Wildman–Crippen LogP) is 3.01. The number of halogens is 1. The van der Waals surface area contributed by atoms with Gasteiger partial charge in [0.05, 0.1) is 16.1 Å². The number of aromatic carboxylic acids is 1. The van der Waals surface area contributed by atoms with Crippen molar-refractivity contribution in [2.45, 2.75) is 6.61 Å². The second kappa shape index (κ2) is 6.00. The minimum atomic E-state index is -1.11. The van der Waals surface area contributed by atoms with E-state index in [0.717, 1.165) is 18.2 Å². The number of rotatable bonds is 5. The van der Waals surface area contributed by atoms with Gasteiger partial charge in [-0.2, -0.15) is 0 Å². The van der Waals surface area contributed by atoms with Crippen LogP contribution in [0.2, 0.25) is 0 Å². The van der Waals surface area contributed by atoms with E-state index in [1.165, 1.54) is 24.3 Å². The van der Waals surface area contributed by atoms with Crippen LogP contribution < -0.4 is 4.74 Å². The Morgan fingerprint density at radius 1 is 1.29 bits per heavy atom. The summed E-state index contributed by atoms with van der Waals surface area (Å²) < 4.78 is 18.4. The van der Waals surface area contributed by atoms with Crippen LogP contribution in [0.3, 0.4) is 0 Å². The highest BCUT2D eigenvalue weighted by Crippen LogP contribution is 2.22. The Hall–Kier alpha value is -2.96. The quantitative estimate of drug-likeness (QED) is 0.675. The molecule has 0 heterocycles. The largest absolute Gasteiger partial charge is 0.489 e. The number of nitrogens with zero attached hydrogens (tertiary/aromatic N) is 1. The molecular weight excluding hydrogens is 281 g/mol. The van der Waals surface area contributed by atoms with Crippen LogP contribution >= 0.6 is 0 Å². The number of carboxylic acids is 1. The molecule has 0 aliphatic carbocycles. The maximum atomic E-state index is 13.2. The van der Waals surface area contributed by atoms with Crippen LogP contribution in [0.4, 0.5) is 10.1 Å². The number of carbonyl (C=O) groups is 1. The lowest BCUT2D eigenvalue weighted by Crippen LogP contribution is -2.02. The van der Waals surface area contributed by atoms with Crippen molar-refractivity contribution < 1.29 is 24.0 Å². The lowest BCUT2D eigenvalue weighted by Gasteiger charge is -2.07. The second-order valence-electron chi connectivity index (χ2n) is 4.15. The molecule has 2 aromatic rings. The van der Waals surface area contributed by atoms with Gasteiger partial charge in [-0.05, 0) is 30.3 Å². The van der Waals surface area contributed by atoms with Crippen LogP contribution in [0.25, 0.3) is 0 Å². The van der Waals surface area contributed by atoms with Crippen LogP contribution in [0.1, 0.15) is 15.9 Å². The summed E-state index contributed by atoms with van der Waals surface area (Å²) in [5.74, 6) is -1.50. The highest BCUT2D eigenvalue weighted by Gasteiger charge is 2.15. The van der Waals surface area contributed by atoms with Crippen molar-refractivity contribution in [3.8, 4) is 5.75 Å². The van der Waals surface area contributed by atoms with Crippen molar-refractivity contribution >= 4 is 11.7 Å². The highest BCUT2D eigenvalue weighted by atomic mass is 19.1. The van der Waals surface area contributed by atoms with Crippen molar-refractivity contribution in [3.05, 3.63) is 69.5 Å². The van der Waals surface area contributed by atoms with E-state index >= 15 is 0 Å². The Morgan fingerprint density at radius 3 is 2.71 bits per heavy atom. The van der Waals surface area contributed by atoms with Gasteiger partial charge in [0.1, 0.15) is 18.2 Å². The molecule has 0 amide bonds. The summed E-state index contributed by atoms with van der Waals surface area (Å²) in [6.07, 6.45) is 0. The normalized spacial score (nSPS) is 10.1. The number of ether oxygens (including phenoxy) is 1. The van der Waals surface area contributed by atoms with E-state index in [2.05, 4.69) is 0 Å². The molecule has 0 bridgehead atoms. The number of benzene rings is 2. The average molecular weight is 291 g/mol. The van der Waals surface area contributed by atoms with E-state index in [1.807, 2.05) is 0 Å². The SMILES string of the molecule is O=C(O)c1cccc(OCc2cc(F)ccc2[N+](=O)[O-])c1. The van der Waals surface area contributed by atoms with E-state index in [0.29, 0.717) is 0 Å². The van der Waals surface area contributed by atoms with E-state index in [9.17, 15) is 19.3 Å². The summed E-state index contributed by atoms with van der Waals surface area (Å²) >= 11 is 0. The Morgan fingerprint density at radius 2 is 2.05 bits per heavy atom. The Kier molecular flexibility index (Phi) is 4.13. The first-order valence-corrected chi connectivity index (χ1v) is 5.86. The smallest absolute Gasteiger partial charge is 0.335 e. The number of hydrogen-bond donors (Lipinski definition) is 1. The zero-order chi connectivity index (χ0) is 15.4. The molecule has 0 aromatic heterocycles. The number of nitro benzene ring substituents is 1. The van der Waals surface area contributed by atoms with Crippen molar-refractivity contribution in [2.75, 3.05) is 0 Å². The lowest BCUT2D eigenvalue weighted by atomic mass is 10.2. The molecule has 108 valence electrons. The fourth-order valence-corrected chi connectivity index (χ4v) is 1.73. The fourth-order valence-electron chi connectivity index (χ4n) is 1.73. The Bertz CT molecular complexity index is 702. The molecule has 0 aliphatic heterocycles. The van der Waals surface area contributed by atoms with Gasteiger partial charge < -0.3 is 9.84 Å². The minimum absolute atomic E-state index is 0.0289. The van der Waals surface area contributed by atoms with Crippen molar-refractivity contribution in [3.63, 3.8) is 0 Å². The Labute approximate surface area is 118 Å². The maximum Gasteiger partial charge on any atom is 0.335 e.